The highest BCUT2D eigenvalue weighted by Gasteiger charge is 2.21. The Balaban J connectivity index is 4.37. The normalized spacial score (nSPS) is 15.5. The summed E-state index contributed by atoms with van der Waals surface area (Å²) in [5.41, 5.74) is 22.1. The topological polar surface area (TPSA) is 205 Å². The summed E-state index contributed by atoms with van der Waals surface area (Å²) in [5, 5.41) is 23.1. The molecule has 0 aliphatic heterocycles. The lowest BCUT2D eigenvalue weighted by molar-refractivity contribution is -0.120. The Labute approximate surface area is 156 Å². The maximum Gasteiger partial charge on any atom is 0.234 e. The Morgan fingerprint density at radius 3 is 1.88 bits per heavy atom. The highest BCUT2D eigenvalue weighted by Crippen LogP contribution is 2.17. The van der Waals surface area contributed by atoms with Crippen molar-refractivity contribution in [2.75, 3.05) is 13.1 Å². The maximum absolute atomic E-state index is 11.7. The van der Waals surface area contributed by atoms with E-state index in [0.29, 0.717) is 31.8 Å². The Bertz CT molecular complexity index is 441. The van der Waals surface area contributed by atoms with Crippen LogP contribution in [0, 0.1) is 16.7 Å². The van der Waals surface area contributed by atoms with E-state index in [1.54, 1.807) is 0 Å². The number of hydrogen-bond acceptors (Lipinski definition) is 5. The molecule has 10 heteroatoms. The van der Waals surface area contributed by atoms with Gasteiger partial charge >= 0.3 is 0 Å². The van der Waals surface area contributed by atoms with Crippen molar-refractivity contribution in [2.24, 2.45) is 28.9 Å². The average Bonchev–Trinajstić information content (AvgIpc) is 2.52. The molecular weight excluding hydrogens is 334 g/mol. The zero-order chi connectivity index (χ0) is 20.1. The average molecular weight is 372 g/mol. The number of rotatable bonds is 14. The van der Waals surface area contributed by atoms with Crippen LogP contribution >= 0.6 is 0 Å². The predicted octanol–water partition coefficient (Wildman–Crippen LogP) is -1.30. The lowest BCUT2D eigenvalue weighted by Gasteiger charge is -2.27. The Kier molecular flexibility index (Phi) is 12.1. The lowest BCUT2D eigenvalue weighted by Crippen LogP contribution is -2.47. The zero-order valence-electron chi connectivity index (χ0n) is 16.0. The van der Waals surface area contributed by atoms with E-state index in [0.717, 1.165) is 19.3 Å². The van der Waals surface area contributed by atoms with Crippen molar-refractivity contribution in [3.8, 4) is 0 Å². The van der Waals surface area contributed by atoms with Gasteiger partial charge in [0.25, 0.3) is 0 Å². The van der Waals surface area contributed by atoms with E-state index in [4.69, 9.17) is 33.8 Å². The van der Waals surface area contributed by atoms with Gasteiger partial charge in [0.2, 0.25) is 5.91 Å². The SMILES string of the molecule is CC(C[C@@H](CCCNC(=N)N)C(C)N)N[C@H](CCCNC(=N)N)C(N)=O. The van der Waals surface area contributed by atoms with Crippen molar-refractivity contribution in [3.05, 3.63) is 0 Å². The molecule has 4 atom stereocenters. The highest BCUT2D eigenvalue weighted by atomic mass is 16.1. The summed E-state index contributed by atoms with van der Waals surface area (Å²) in [6, 6.07) is -0.305. The van der Waals surface area contributed by atoms with Gasteiger partial charge in [0.1, 0.15) is 0 Å². The molecular formula is C16H37N9O. The molecule has 0 fully saturated rings. The molecule has 2 unspecified atom stereocenters. The zero-order valence-corrected chi connectivity index (χ0v) is 16.0. The van der Waals surface area contributed by atoms with Crippen molar-refractivity contribution in [1.29, 1.82) is 10.8 Å². The van der Waals surface area contributed by atoms with Crippen LogP contribution in [0.25, 0.3) is 0 Å². The number of nitrogens with two attached hydrogens (primary N) is 4. The molecule has 0 rings (SSSR count). The van der Waals surface area contributed by atoms with E-state index in [1.807, 2.05) is 13.8 Å². The van der Waals surface area contributed by atoms with Gasteiger partial charge in [0, 0.05) is 25.2 Å². The number of nitrogens with one attached hydrogen (secondary N) is 5. The summed E-state index contributed by atoms with van der Waals surface area (Å²) in [6.45, 7) is 5.18. The third-order valence-corrected chi connectivity index (χ3v) is 4.28. The molecule has 0 aromatic carbocycles. The first-order chi connectivity index (χ1) is 12.1. The molecule has 0 saturated heterocycles. The Hall–Kier alpha value is -2.07. The summed E-state index contributed by atoms with van der Waals surface area (Å²) in [7, 11) is 0. The number of carbonyl (C=O) groups excluding carboxylic acids is 1. The van der Waals surface area contributed by atoms with Gasteiger partial charge < -0.3 is 38.9 Å². The summed E-state index contributed by atoms with van der Waals surface area (Å²) in [6.07, 6.45) is 3.86. The number of amides is 1. The van der Waals surface area contributed by atoms with E-state index in [2.05, 4.69) is 16.0 Å². The van der Waals surface area contributed by atoms with Crippen molar-refractivity contribution in [3.63, 3.8) is 0 Å². The third-order valence-electron chi connectivity index (χ3n) is 4.28. The van der Waals surface area contributed by atoms with Crippen molar-refractivity contribution >= 4 is 17.8 Å². The maximum atomic E-state index is 11.7. The fourth-order valence-electron chi connectivity index (χ4n) is 2.89. The van der Waals surface area contributed by atoms with Gasteiger partial charge in [-0.25, -0.2) is 0 Å². The quantitative estimate of drug-likeness (QED) is 0.102. The van der Waals surface area contributed by atoms with Crippen LogP contribution in [0.5, 0.6) is 0 Å². The van der Waals surface area contributed by atoms with Crippen LogP contribution in [0.15, 0.2) is 0 Å². The van der Waals surface area contributed by atoms with Gasteiger partial charge in [-0.3, -0.25) is 15.6 Å². The first-order valence-corrected chi connectivity index (χ1v) is 9.10. The Morgan fingerprint density at radius 1 is 0.962 bits per heavy atom. The third kappa shape index (κ3) is 12.3. The molecule has 1 amide bonds. The van der Waals surface area contributed by atoms with Crippen LogP contribution in [0.3, 0.4) is 0 Å². The summed E-state index contributed by atoms with van der Waals surface area (Å²) >= 11 is 0. The van der Waals surface area contributed by atoms with E-state index >= 15 is 0 Å². The summed E-state index contributed by atoms with van der Waals surface area (Å²) in [5.74, 6) is -0.205. The second-order valence-electron chi connectivity index (χ2n) is 6.84. The molecule has 0 saturated carbocycles. The highest BCUT2D eigenvalue weighted by molar-refractivity contribution is 5.79. The first kappa shape index (κ1) is 23.9. The largest absolute Gasteiger partial charge is 0.370 e. The van der Waals surface area contributed by atoms with Gasteiger partial charge in [-0.05, 0) is 51.9 Å². The van der Waals surface area contributed by atoms with Gasteiger partial charge in [-0.1, -0.05) is 0 Å². The predicted molar refractivity (Wildman–Crippen MR) is 106 cm³/mol. The molecule has 0 radical (unpaired) electrons. The molecule has 0 spiro atoms. The number of hydrogen-bond donors (Lipinski definition) is 9. The molecule has 0 bridgehead atoms. The van der Waals surface area contributed by atoms with Crippen LogP contribution in [0.1, 0.15) is 46.0 Å². The monoisotopic (exact) mass is 371 g/mol. The molecule has 10 nitrogen and oxygen atoms in total. The van der Waals surface area contributed by atoms with E-state index in [-0.39, 0.29) is 29.9 Å². The minimum absolute atomic E-state index is 0.0269. The van der Waals surface area contributed by atoms with E-state index < -0.39 is 6.04 Å². The van der Waals surface area contributed by atoms with Crippen LogP contribution < -0.4 is 38.9 Å². The Morgan fingerprint density at radius 2 is 1.46 bits per heavy atom. The minimum Gasteiger partial charge on any atom is -0.370 e. The van der Waals surface area contributed by atoms with Crippen molar-refractivity contribution < 1.29 is 4.79 Å². The summed E-state index contributed by atoms with van der Waals surface area (Å²) in [4.78, 5) is 11.7. The molecule has 0 aromatic rings. The van der Waals surface area contributed by atoms with Gasteiger partial charge in [-0.15, -0.1) is 0 Å². The summed E-state index contributed by atoms with van der Waals surface area (Å²) < 4.78 is 0. The van der Waals surface area contributed by atoms with Gasteiger partial charge in [-0.2, -0.15) is 0 Å². The second kappa shape index (κ2) is 13.2. The van der Waals surface area contributed by atoms with Crippen LogP contribution in [-0.2, 0) is 4.79 Å². The number of carbonyl (C=O) groups is 1. The van der Waals surface area contributed by atoms with Gasteiger partial charge in [0.15, 0.2) is 11.9 Å². The fraction of sp³-hybridized carbons (Fsp3) is 0.812. The number of guanidine groups is 2. The number of primary amides is 1. The fourth-order valence-corrected chi connectivity index (χ4v) is 2.89. The molecule has 0 aliphatic rings. The van der Waals surface area contributed by atoms with Crippen molar-refractivity contribution in [2.45, 2.75) is 64.1 Å². The molecule has 0 aliphatic carbocycles. The van der Waals surface area contributed by atoms with Crippen LogP contribution in [0.2, 0.25) is 0 Å². The van der Waals surface area contributed by atoms with Crippen LogP contribution in [0.4, 0.5) is 0 Å². The molecule has 0 aromatic heterocycles. The first-order valence-electron chi connectivity index (χ1n) is 9.10. The standard InChI is InChI=1S/C16H37N9O/c1-10(9-12(11(2)17)5-3-7-23-15(19)20)25-13(14(18)26)6-4-8-24-16(21)22/h10-13,25H,3-9,17H2,1-2H3,(H2,18,26)(H4,19,20,23)(H4,21,22,24)/t10?,11?,12-,13-/m1/s1. The molecule has 26 heavy (non-hydrogen) atoms. The molecule has 152 valence electrons. The van der Waals surface area contributed by atoms with Crippen molar-refractivity contribution in [1.82, 2.24) is 16.0 Å². The lowest BCUT2D eigenvalue weighted by atomic mass is 9.89. The molecule has 0 heterocycles. The smallest absolute Gasteiger partial charge is 0.234 e. The molecule has 13 N–H and O–H groups in total. The van der Waals surface area contributed by atoms with Crippen LogP contribution in [-0.4, -0.2) is 49.0 Å². The minimum atomic E-state index is -0.424. The van der Waals surface area contributed by atoms with Gasteiger partial charge in [0.05, 0.1) is 6.04 Å². The van der Waals surface area contributed by atoms with E-state index in [9.17, 15) is 4.79 Å². The van der Waals surface area contributed by atoms with E-state index in [1.165, 1.54) is 0 Å². The second-order valence-corrected chi connectivity index (χ2v) is 6.84.